The summed E-state index contributed by atoms with van der Waals surface area (Å²) in [6.07, 6.45) is 0. The molecule has 0 bridgehead atoms. The second-order valence-electron chi connectivity index (χ2n) is 6.91. The molecule has 2 heterocycles. The number of likely N-dealkylation sites (N-methyl/N-ethyl adjacent to an activating group) is 1. The van der Waals surface area contributed by atoms with Gasteiger partial charge in [-0.2, -0.15) is 0 Å². The van der Waals surface area contributed by atoms with Crippen LogP contribution in [0.3, 0.4) is 0 Å². The zero-order valence-corrected chi connectivity index (χ0v) is 17.3. The second kappa shape index (κ2) is 8.71. The highest BCUT2D eigenvalue weighted by molar-refractivity contribution is 7.12. The van der Waals surface area contributed by atoms with E-state index in [0.717, 1.165) is 24.2 Å². The molecule has 1 amide bonds. The molecule has 0 radical (unpaired) electrons. The number of amides is 1. The zero-order chi connectivity index (χ0) is 20.3. The molecule has 1 unspecified atom stereocenters. The monoisotopic (exact) mass is 398 g/mol. The number of thiophene rings is 1. The first-order chi connectivity index (χ1) is 13.5. The molecule has 5 nitrogen and oxygen atoms in total. The van der Waals surface area contributed by atoms with E-state index < -0.39 is 17.7 Å². The summed E-state index contributed by atoms with van der Waals surface area (Å²) in [6, 6.07) is 10.7. The number of rotatable bonds is 8. The fraction of sp³-hybridized carbons (Fsp3) is 0.364. The Morgan fingerprint density at radius 2 is 1.96 bits per heavy atom. The molecule has 1 N–H and O–H groups in total. The lowest BCUT2D eigenvalue weighted by molar-refractivity contribution is -0.129. The van der Waals surface area contributed by atoms with E-state index in [9.17, 15) is 14.7 Å². The number of carbonyl (C=O) groups excluding carboxylic acids is 2. The van der Waals surface area contributed by atoms with Crippen LogP contribution in [0.25, 0.3) is 0 Å². The number of aryl methyl sites for hydroxylation is 1. The molecular formula is C22H26N2O3S. The van der Waals surface area contributed by atoms with Crippen molar-refractivity contribution in [3.8, 4) is 0 Å². The summed E-state index contributed by atoms with van der Waals surface area (Å²) in [5.41, 5.74) is 2.07. The number of carbonyl (C=O) groups is 2. The van der Waals surface area contributed by atoms with Crippen molar-refractivity contribution < 1.29 is 14.7 Å². The Kier molecular flexibility index (Phi) is 6.31. The van der Waals surface area contributed by atoms with Crippen molar-refractivity contribution in [3.63, 3.8) is 0 Å². The summed E-state index contributed by atoms with van der Waals surface area (Å²) in [5.74, 6) is -1.18. The standard InChI is InChI=1S/C22H26N2O3S/c1-4-23(5-2)11-12-24-19(16-9-6-8-15(3)14-16)18(21(26)22(24)27)20(25)17-10-7-13-28-17/h6-10,13-14,19,26H,4-5,11-12H2,1-3H3. The molecule has 3 rings (SSSR count). The normalized spacial score (nSPS) is 17.1. The molecular weight excluding hydrogens is 372 g/mol. The van der Waals surface area contributed by atoms with Crippen LogP contribution in [0, 0.1) is 6.92 Å². The fourth-order valence-corrected chi connectivity index (χ4v) is 4.31. The Balaban J connectivity index is 2.01. The van der Waals surface area contributed by atoms with E-state index in [0.29, 0.717) is 18.0 Å². The average Bonchev–Trinajstić information content (AvgIpc) is 3.31. The van der Waals surface area contributed by atoms with Crippen LogP contribution in [-0.4, -0.2) is 52.8 Å². The Bertz CT molecular complexity index is 885. The van der Waals surface area contributed by atoms with Crippen LogP contribution in [0.2, 0.25) is 0 Å². The Morgan fingerprint density at radius 1 is 1.21 bits per heavy atom. The van der Waals surface area contributed by atoms with E-state index in [2.05, 4.69) is 18.7 Å². The Labute approximate surface area is 169 Å². The summed E-state index contributed by atoms with van der Waals surface area (Å²) < 4.78 is 0. The Hall–Kier alpha value is -2.44. The van der Waals surface area contributed by atoms with Crippen LogP contribution in [0.5, 0.6) is 0 Å². The van der Waals surface area contributed by atoms with Crippen molar-refractivity contribution in [2.24, 2.45) is 0 Å². The largest absolute Gasteiger partial charge is 0.503 e. The van der Waals surface area contributed by atoms with Gasteiger partial charge < -0.3 is 14.9 Å². The molecule has 1 aromatic heterocycles. The van der Waals surface area contributed by atoms with E-state index in [1.54, 1.807) is 17.0 Å². The summed E-state index contributed by atoms with van der Waals surface area (Å²) >= 11 is 1.32. The van der Waals surface area contributed by atoms with E-state index in [1.807, 2.05) is 36.6 Å². The van der Waals surface area contributed by atoms with Gasteiger partial charge in [-0.15, -0.1) is 11.3 Å². The van der Waals surface area contributed by atoms with E-state index in [-0.39, 0.29) is 11.4 Å². The van der Waals surface area contributed by atoms with Crippen LogP contribution >= 0.6 is 11.3 Å². The van der Waals surface area contributed by atoms with Crippen molar-refractivity contribution >= 4 is 23.0 Å². The number of hydrogen-bond acceptors (Lipinski definition) is 5. The number of aliphatic hydroxyl groups is 1. The molecule has 1 aromatic carbocycles. The first-order valence-corrected chi connectivity index (χ1v) is 10.5. The highest BCUT2D eigenvalue weighted by Gasteiger charge is 2.43. The highest BCUT2D eigenvalue weighted by atomic mass is 32.1. The first-order valence-electron chi connectivity index (χ1n) is 9.59. The second-order valence-corrected chi connectivity index (χ2v) is 7.86. The number of nitrogens with zero attached hydrogens (tertiary/aromatic N) is 2. The molecule has 2 aromatic rings. The van der Waals surface area contributed by atoms with Gasteiger partial charge in [0.2, 0.25) is 5.78 Å². The third-order valence-electron chi connectivity index (χ3n) is 5.20. The van der Waals surface area contributed by atoms with Gasteiger partial charge in [-0.3, -0.25) is 9.59 Å². The molecule has 0 fully saturated rings. The molecule has 0 saturated heterocycles. The maximum Gasteiger partial charge on any atom is 0.290 e. The van der Waals surface area contributed by atoms with Crippen molar-refractivity contribution in [1.29, 1.82) is 0 Å². The number of aliphatic hydroxyl groups excluding tert-OH is 1. The van der Waals surface area contributed by atoms with Gasteiger partial charge in [0.1, 0.15) is 0 Å². The van der Waals surface area contributed by atoms with Gasteiger partial charge in [-0.25, -0.2) is 0 Å². The minimum atomic E-state index is -0.572. The topological polar surface area (TPSA) is 60.9 Å². The number of hydrogen-bond donors (Lipinski definition) is 1. The van der Waals surface area contributed by atoms with Crippen molar-refractivity contribution in [2.75, 3.05) is 26.2 Å². The lowest BCUT2D eigenvalue weighted by Crippen LogP contribution is -2.38. The molecule has 6 heteroatoms. The van der Waals surface area contributed by atoms with E-state index in [4.69, 9.17) is 0 Å². The fourth-order valence-electron chi connectivity index (χ4n) is 3.63. The van der Waals surface area contributed by atoms with Gasteiger partial charge in [0, 0.05) is 13.1 Å². The minimum Gasteiger partial charge on any atom is -0.503 e. The smallest absolute Gasteiger partial charge is 0.290 e. The summed E-state index contributed by atoms with van der Waals surface area (Å²) in [4.78, 5) is 30.4. The lowest BCUT2D eigenvalue weighted by Gasteiger charge is -2.29. The Morgan fingerprint density at radius 3 is 2.57 bits per heavy atom. The molecule has 1 atom stereocenters. The van der Waals surface area contributed by atoms with Crippen molar-refractivity contribution in [2.45, 2.75) is 26.8 Å². The van der Waals surface area contributed by atoms with Crippen molar-refractivity contribution in [1.82, 2.24) is 9.80 Å². The summed E-state index contributed by atoms with van der Waals surface area (Å²) in [6.45, 7) is 9.04. The van der Waals surface area contributed by atoms with Gasteiger partial charge in [0.15, 0.2) is 5.76 Å². The first kappa shape index (κ1) is 20.3. The van der Waals surface area contributed by atoms with Gasteiger partial charge in [-0.05, 0) is 37.0 Å². The minimum absolute atomic E-state index is 0.178. The third kappa shape index (κ3) is 3.88. The third-order valence-corrected chi connectivity index (χ3v) is 6.07. The number of ketones is 1. The highest BCUT2D eigenvalue weighted by Crippen LogP contribution is 2.39. The van der Waals surface area contributed by atoms with Gasteiger partial charge >= 0.3 is 0 Å². The molecule has 28 heavy (non-hydrogen) atoms. The van der Waals surface area contributed by atoms with Crippen molar-refractivity contribution in [3.05, 3.63) is 69.1 Å². The summed E-state index contributed by atoms with van der Waals surface area (Å²) in [5, 5.41) is 12.5. The number of Topliss-reactive ketones (excluding diaryl/α,β-unsaturated/α-hetero) is 1. The predicted molar refractivity (Wildman–Crippen MR) is 112 cm³/mol. The van der Waals surface area contributed by atoms with Crippen LogP contribution in [0.4, 0.5) is 0 Å². The van der Waals surface area contributed by atoms with E-state index >= 15 is 0 Å². The van der Waals surface area contributed by atoms with Gasteiger partial charge in [0.05, 0.1) is 16.5 Å². The molecule has 1 aliphatic rings. The molecule has 1 aliphatic heterocycles. The maximum atomic E-state index is 13.1. The summed E-state index contributed by atoms with van der Waals surface area (Å²) in [7, 11) is 0. The van der Waals surface area contributed by atoms with Crippen LogP contribution < -0.4 is 0 Å². The van der Waals surface area contributed by atoms with E-state index in [1.165, 1.54) is 11.3 Å². The SMILES string of the molecule is CCN(CC)CCN1C(=O)C(O)=C(C(=O)c2cccs2)C1c1cccc(C)c1. The van der Waals surface area contributed by atoms with Gasteiger partial charge in [-0.1, -0.05) is 49.7 Å². The molecule has 148 valence electrons. The molecule has 0 aliphatic carbocycles. The van der Waals surface area contributed by atoms with Crippen LogP contribution in [0.15, 0.2) is 53.1 Å². The maximum absolute atomic E-state index is 13.1. The average molecular weight is 399 g/mol. The molecule has 0 saturated carbocycles. The lowest BCUT2D eigenvalue weighted by atomic mass is 9.94. The quantitative estimate of drug-likeness (QED) is 0.684. The van der Waals surface area contributed by atoms with Crippen LogP contribution in [-0.2, 0) is 4.79 Å². The predicted octanol–water partition coefficient (Wildman–Crippen LogP) is 3.98. The molecule has 0 spiro atoms. The number of benzene rings is 1. The zero-order valence-electron chi connectivity index (χ0n) is 16.5. The van der Waals surface area contributed by atoms with Gasteiger partial charge in [0.25, 0.3) is 5.91 Å². The van der Waals surface area contributed by atoms with Crippen LogP contribution in [0.1, 0.15) is 40.7 Å².